The average molecular weight is 291 g/mol. The molecule has 0 aliphatic carbocycles. The fraction of sp³-hybridized carbons (Fsp3) is 0.294. The van der Waals surface area contributed by atoms with Crippen LogP contribution in [0, 0.1) is 11.6 Å². The lowest BCUT2D eigenvalue weighted by molar-refractivity contribution is 0.413. The van der Waals surface area contributed by atoms with E-state index in [1.54, 1.807) is 7.11 Å². The number of hydrogen-bond donors (Lipinski definition) is 1. The summed E-state index contributed by atoms with van der Waals surface area (Å²) in [5, 5.41) is 3.34. The van der Waals surface area contributed by atoms with Gasteiger partial charge in [-0.15, -0.1) is 0 Å². The van der Waals surface area contributed by atoms with Crippen molar-refractivity contribution in [1.82, 2.24) is 5.32 Å². The zero-order valence-electron chi connectivity index (χ0n) is 12.2. The van der Waals surface area contributed by atoms with E-state index in [9.17, 15) is 8.78 Å². The van der Waals surface area contributed by atoms with Crippen molar-refractivity contribution in [1.29, 1.82) is 0 Å². The molecular formula is C17H19F2NO. The van der Waals surface area contributed by atoms with Gasteiger partial charge in [0.1, 0.15) is 17.4 Å². The standard InChI is InChI=1S/C17H19F2NO/c1-3-20-17(13-5-4-6-16(10-13)21-2)9-12-7-14(18)11-15(19)8-12/h4-8,10-11,17,20H,3,9H2,1-2H3. The molecule has 2 aromatic carbocycles. The fourth-order valence-corrected chi connectivity index (χ4v) is 2.38. The SMILES string of the molecule is CCNC(Cc1cc(F)cc(F)c1)c1cccc(OC)c1. The van der Waals surface area contributed by atoms with E-state index in [2.05, 4.69) is 5.32 Å². The first-order chi connectivity index (χ1) is 10.1. The Morgan fingerprint density at radius 2 is 1.81 bits per heavy atom. The van der Waals surface area contributed by atoms with Crippen LogP contribution in [0.4, 0.5) is 8.78 Å². The molecule has 1 unspecified atom stereocenters. The maximum atomic E-state index is 13.3. The number of rotatable bonds is 6. The lowest BCUT2D eigenvalue weighted by atomic mass is 9.98. The number of likely N-dealkylation sites (N-methyl/N-ethyl adjacent to an activating group) is 1. The van der Waals surface area contributed by atoms with E-state index in [4.69, 9.17) is 4.74 Å². The maximum Gasteiger partial charge on any atom is 0.126 e. The van der Waals surface area contributed by atoms with Gasteiger partial charge in [-0.25, -0.2) is 8.78 Å². The molecule has 2 aromatic rings. The van der Waals surface area contributed by atoms with Crippen LogP contribution in [-0.4, -0.2) is 13.7 Å². The molecule has 4 heteroatoms. The summed E-state index contributed by atoms with van der Waals surface area (Å²) < 4.78 is 31.8. The Morgan fingerprint density at radius 1 is 1.10 bits per heavy atom. The van der Waals surface area contributed by atoms with E-state index in [1.165, 1.54) is 12.1 Å². The first-order valence-corrected chi connectivity index (χ1v) is 6.94. The van der Waals surface area contributed by atoms with Gasteiger partial charge in [0.05, 0.1) is 7.11 Å². The van der Waals surface area contributed by atoms with Crippen LogP contribution in [0.25, 0.3) is 0 Å². The highest BCUT2D eigenvalue weighted by Crippen LogP contribution is 2.23. The van der Waals surface area contributed by atoms with Crippen molar-refractivity contribution in [2.75, 3.05) is 13.7 Å². The summed E-state index contributed by atoms with van der Waals surface area (Å²) >= 11 is 0. The lowest BCUT2D eigenvalue weighted by Gasteiger charge is -2.19. The molecule has 0 aliphatic rings. The molecule has 2 rings (SSSR count). The molecule has 2 nitrogen and oxygen atoms in total. The minimum absolute atomic E-state index is 0.0219. The van der Waals surface area contributed by atoms with E-state index in [0.29, 0.717) is 12.0 Å². The second-order valence-corrected chi connectivity index (χ2v) is 4.87. The van der Waals surface area contributed by atoms with Gasteiger partial charge in [0.15, 0.2) is 0 Å². The number of ether oxygens (including phenoxy) is 1. The highest BCUT2D eigenvalue weighted by Gasteiger charge is 2.13. The van der Waals surface area contributed by atoms with Crippen LogP contribution in [0.3, 0.4) is 0 Å². The number of nitrogens with one attached hydrogen (secondary N) is 1. The Bertz CT molecular complexity index is 581. The quantitative estimate of drug-likeness (QED) is 0.872. The largest absolute Gasteiger partial charge is 0.497 e. The van der Waals surface area contributed by atoms with Gasteiger partial charge in [0, 0.05) is 12.1 Å². The third kappa shape index (κ3) is 4.26. The number of methoxy groups -OCH3 is 1. The van der Waals surface area contributed by atoms with Crippen molar-refractivity contribution in [2.24, 2.45) is 0 Å². The molecule has 112 valence electrons. The molecule has 0 heterocycles. The van der Waals surface area contributed by atoms with E-state index in [0.717, 1.165) is 23.9 Å². The van der Waals surface area contributed by atoms with Gasteiger partial charge in [0.25, 0.3) is 0 Å². The summed E-state index contributed by atoms with van der Waals surface area (Å²) in [4.78, 5) is 0. The first kappa shape index (κ1) is 15.4. The third-order valence-corrected chi connectivity index (χ3v) is 3.31. The normalized spacial score (nSPS) is 12.2. The average Bonchev–Trinajstić information content (AvgIpc) is 2.46. The van der Waals surface area contributed by atoms with Crippen molar-refractivity contribution in [2.45, 2.75) is 19.4 Å². The predicted octanol–water partition coefficient (Wildman–Crippen LogP) is 3.87. The van der Waals surface area contributed by atoms with E-state index < -0.39 is 11.6 Å². The Hall–Kier alpha value is -1.94. The minimum Gasteiger partial charge on any atom is -0.497 e. The molecule has 21 heavy (non-hydrogen) atoms. The summed E-state index contributed by atoms with van der Waals surface area (Å²) in [6.07, 6.45) is 0.510. The maximum absolute atomic E-state index is 13.3. The Morgan fingerprint density at radius 3 is 2.43 bits per heavy atom. The highest BCUT2D eigenvalue weighted by molar-refractivity contribution is 5.32. The molecule has 0 aliphatic heterocycles. The Kier molecular flexibility index (Phi) is 5.28. The Labute approximate surface area is 123 Å². The topological polar surface area (TPSA) is 21.3 Å². The molecule has 0 bridgehead atoms. The molecular weight excluding hydrogens is 272 g/mol. The van der Waals surface area contributed by atoms with Crippen LogP contribution in [0.2, 0.25) is 0 Å². The highest BCUT2D eigenvalue weighted by atomic mass is 19.1. The smallest absolute Gasteiger partial charge is 0.126 e. The fourth-order valence-electron chi connectivity index (χ4n) is 2.38. The summed E-state index contributed by atoms with van der Waals surface area (Å²) in [6, 6.07) is 11.3. The number of halogens is 2. The summed E-state index contributed by atoms with van der Waals surface area (Å²) in [7, 11) is 1.61. The minimum atomic E-state index is -0.550. The molecule has 0 spiro atoms. The third-order valence-electron chi connectivity index (χ3n) is 3.31. The monoisotopic (exact) mass is 291 g/mol. The van der Waals surface area contributed by atoms with Crippen molar-refractivity contribution >= 4 is 0 Å². The molecule has 0 saturated carbocycles. The first-order valence-electron chi connectivity index (χ1n) is 6.94. The van der Waals surface area contributed by atoms with Crippen LogP contribution in [0.1, 0.15) is 24.1 Å². The molecule has 0 amide bonds. The molecule has 1 atom stereocenters. The van der Waals surface area contributed by atoms with Gasteiger partial charge >= 0.3 is 0 Å². The molecule has 1 N–H and O–H groups in total. The van der Waals surface area contributed by atoms with Crippen molar-refractivity contribution in [3.63, 3.8) is 0 Å². The van der Waals surface area contributed by atoms with Gasteiger partial charge in [-0.05, 0) is 48.4 Å². The van der Waals surface area contributed by atoms with E-state index >= 15 is 0 Å². The molecule has 0 radical (unpaired) electrons. The Balaban J connectivity index is 2.25. The van der Waals surface area contributed by atoms with Gasteiger partial charge < -0.3 is 10.1 Å². The lowest BCUT2D eigenvalue weighted by Crippen LogP contribution is -2.23. The summed E-state index contributed by atoms with van der Waals surface area (Å²) in [6.45, 7) is 2.76. The van der Waals surface area contributed by atoms with Crippen LogP contribution in [0.5, 0.6) is 5.75 Å². The molecule has 0 fully saturated rings. The van der Waals surface area contributed by atoms with Crippen LogP contribution in [0.15, 0.2) is 42.5 Å². The van der Waals surface area contributed by atoms with Crippen LogP contribution in [-0.2, 0) is 6.42 Å². The summed E-state index contributed by atoms with van der Waals surface area (Å²) in [5.41, 5.74) is 1.65. The van der Waals surface area contributed by atoms with E-state index in [1.807, 2.05) is 31.2 Å². The second-order valence-electron chi connectivity index (χ2n) is 4.87. The van der Waals surface area contributed by atoms with Crippen molar-refractivity contribution < 1.29 is 13.5 Å². The van der Waals surface area contributed by atoms with Crippen LogP contribution >= 0.6 is 0 Å². The van der Waals surface area contributed by atoms with Gasteiger partial charge in [-0.1, -0.05) is 19.1 Å². The van der Waals surface area contributed by atoms with Gasteiger partial charge in [-0.3, -0.25) is 0 Å². The number of hydrogen-bond acceptors (Lipinski definition) is 2. The zero-order chi connectivity index (χ0) is 15.2. The van der Waals surface area contributed by atoms with E-state index in [-0.39, 0.29) is 6.04 Å². The van der Waals surface area contributed by atoms with Crippen molar-refractivity contribution in [3.8, 4) is 5.75 Å². The second kappa shape index (κ2) is 7.18. The van der Waals surface area contributed by atoms with Crippen LogP contribution < -0.4 is 10.1 Å². The molecule has 0 aromatic heterocycles. The van der Waals surface area contributed by atoms with Gasteiger partial charge in [-0.2, -0.15) is 0 Å². The number of benzene rings is 2. The zero-order valence-corrected chi connectivity index (χ0v) is 12.2. The van der Waals surface area contributed by atoms with Crippen molar-refractivity contribution in [3.05, 3.63) is 65.2 Å². The molecule has 0 saturated heterocycles. The predicted molar refractivity (Wildman–Crippen MR) is 79.5 cm³/mol. The summed E-state index contributed by atoms with van der Waals surface area (Å²) in [5.74, 6) is -0.336. The van der Waals surface area contributed by atoms with Gasteiger partial charge in [0.2, 0.25) is 0 Å².